The number of hydrogen-bond donors (Lipinski definition) is 0. The van der Waals surface area contributed by atoms with Crippen molar-refractivity contribution in [2.75, 3.05) is 124 Å². The Bertz CT molecular complexity index is 1260. The van der Waals surface area contributed by atoms with Crippen molar-refractivity contribution < 1.29 is 79.1 Å². The van der Waals surface area contributed by atoms with Crippen molar-refractivity contribution in [2.24, 2.45) is 0 Å². The van der Waals surface area contributed by atoms with Crippen molar-refractivity contribution in [1.82, 2.24) is 29.4 Å². The van der Waals surface area contributed by atoms with E-state index in [1.165, 1.54) is 11.1 Å². The Morgan fingerprint density at radius 3 is 0.441 bits per heavy atom. The van der Waals surface area contributed by atoms with Gasteiger partial charge in [0.25, 0.3) is 0 Å². The van der Waals surface area contributed by atoms with Crippen LogP contribution in [0, 0.1) is 34.6 Å². The minimum atomic E-state index is 0. The molecule has 5 rings (SSSR count). The van der Waals surface area contributed by atoms with E-state index in [4.69, 9.17) is 0 Å². The zero-order chi connectivity index (χ0) is 45.3. The normalized spacial score (nSPS) is 8.41. The van der Waals surface area contributed by atoms with Gasteiger partial charge in [-0.2, -0.15) is 73.9 Å². The fourth-order valence-corrected chi connectivity index (χ4v) is 3.70. The molecule has 5 aromatic carbocycles. The molecule has 0 spiro atoms. The van der Waals surface area contributed by atoms with Gasteiger partial charge in [-0.25, -0.2) is 0 Å². The van der Waals surface area contributed by atoms with Crippen LogP contribution in [0.3, 0.4) is 0 Å². The molecule has 0 saturated heterocycles. The molecule has 6 nitrogen and oxygen atoms in total. The van der Waals surface area contributed by atoms with Gasteiger partial charge in [-0.1, -0.05) is 90.0 Å². The smallest absolute Gasteiger partial charge is 1.00 e. The third kappa shape index (κ3) is 92.0. The van der Waals surface area contributed by atoms with Crippen LogP contribution in [-0.2, 0) is 17.1 Å². The topological polar surface area (TPSA) is 19.4 Å². The molecular formula is C53H85Cl5FeMg3N6. The molecule has 0 atom stereocenters. The van der Waals surface area contributed by atoms with E-state index in [9.17, 15) is 0 Å². The first kappa shape index (κ1) is 97.1. The van der Waals surface area contributed by atoms with Crippen molar-refractivity contribution >= 4 is 69.2 Å². The van der Waals surface area contributed by atoms with Gasteiger partial charge in [0.15, 0.2) is 0 Å². The van der Waals surface area contributed by atoms with Gasteiger partial charge in [0.05, 0.1) is 0 Å². The number of halogens is 5. The minimum absolute atomic E-state index is 0. The van der Waals surface area contributed by atoms with E-state index in [2.05, 4.69) is 173 Å². The average Bonchev–Trinajstić information content (AvgIpc) is 3.19. The third-order valence-corrected chi connectivity index (χ3v) is 7.39. The van der Waals surface area contributed by atoms with E-state index < -0.39 is 0 Å². The number of nitrogens with zero attached hydrogens (tertiary/aromatic N) is 6. The summed E-state index contributed by atoms with van der Waals surface area (Å²) in [4.78, 5) is 13.1. The van der Waals surface area contributed by atoms with Gasteiger partial charge < -0.3 is 91.4 Å². The monoisotopic (exact) mass is 1110 g/mol. The summed E-state index contributed by atoms with van der Waals surface area (Å²) in [5.41, 5.74) is 5.86. The molecule has 0 N–H and O–H groups in total. The molecule has 0 aromatic heterocycles. The van der Waals surface area contributed by atoms with Gasteiger partial charge in [-0.05, 0) is 98.4 Å². The SMILES string of the molecule is CN(C)CCN(C)C.CN(C)CCN(C)C.CN(C)CCN(C)C.Cc1ccccc1.Cc1ccccc1.[CH2-]c1ccccc1.[CH2-]c1ccccc1.[CH2-]c1ccccc1.[Cl-].[Cl-].[Cl-].[Cl-].[Cl-].[Fe+2].[Mg+2].[Mg+2].[Mg+2]. The van der Waals surface area contributed by atoms with Crippen LogP contribution in [0.15, 0.2) is 152 Å². The predicted octanol–water partition coefficient (Wildman–Crippen LogP) is -6.20. The van der Waals surface area contributed by atoms with E-state index in [0.29, 0.717) is 0 Å². The molecule has 0 unspecified atom stereocenters. The van der Waals surface area contributed by atoms with Crippen LogP contribution in [0.2, 0.25) is 0 Å². The summed E-state index contributed by atoms with van der Waals surface area (Å²) < 4.78 is 0. The molecule has 376 valence electrons. The Hall–Kier alpha value is -0.262. The van der Waals surface area contributed by atoms with Gasteiger partial charge in [-0.3, -0.25) is 0 Å². The molecule has 0 amide bonds. The van der Waals surface area contributed by atoms with E-state index in [0.717, 1.165) is 56.0 Å². The Morgan fingerprint density at radius 1 is 0.265 bits per heavy atom. The first-order valence-electron chi connectivity index (χ1n) is 20.4. The Labute approximate surface area is 510 Å². The van der Waals surface area contributed by atoms with Crippen LogP contribution in [0.4, 0.5) is 0 Å². The zero-order valence-corrected chi connectivity index (χ0v) is 53.5. The third-order valence-electron chi connectivity index (χ3n) is 7.39. The number of hydrogen-bond acceptors (Lipinski definition) is 6. The van der Waals surface area contributed by atoms with Crippen LogP contribution < -0.4 is 62.0 Å². The standard InChI is InChI=1S/2C7H8.3C7H7.3C6H16N2.5ClH.Fe.3Mg/c5*1-7-5-3-2-4-6-7;3*1-7(2)5-6-8(3)4;;;;;;;;;/h2*2-6H,1H3;3*2-6H,1H2;3*5-6H2,1-4H3;5*1H;;;;/q;;3*-1;;;;;;;;;4*+2/p-5. The molecular weight excluding hydrogens is 1030 g/mol. The number of rotatable bonds is 9. The van der Waals surface area contributed by atoms with Crippen LogP contribution in [0.1, 0.15) is 27.8 Å². The average molecular weight is 1110 g/mol. The number of aryl methyl sites for hydroxylation is 2. The second-order valence-electron chi connectivity index (χ2n) is 15.6. The molecule has 0 aliphatic carbocycles. The molecule has 15 heteroatoms. The molecule has 0 saturated carbocycles. The predicted molar refractivity (Wildman–Crippen MR) is 284 cm³/mol. The van der Waals surface area contributed by atoms with Crippen molar-refractivity contribution in [3.63, 3.8) is 0 Å². The number of likely N-dealkylation sites (N-methyl/N-ethyl adjacent to an activating group) is 6. The summed E-state index contributed by atoms with van der Waals surface area (Å²) in [6, 6.07) is 50.1. The quantitative estimate of drug-likeness (QED) is 0.108. The van der Waals surface area contributed by atoms with E-state index in [1.54, 1.807) is 0 Å². The molecule has 0 bridgehead atoms. The summed E-state index contributed by atoms with van der Waals surface area (Å²) in [5.74, 6) is 0. The Kier molecular flexibility index (Phi) is 101. The van der Waals surface area contributed by atoms with Crippen LogP contribution >= 0.6 is 0 Å². The molecule has 0 aliphatic heterocycles. The zero-order valence-electron chi connectivity index (χ0n) is 44.3. The maximum Gasteiger partial charge on any atom is 2.00 e. The second kappa shape index (κ2) is 71.0. The van der Waals surface area contributed by atoms with Crippen molar-refractivity contribution in [3.05, 3.63) is 200 Å². The largest absolute Gasteiger partial charge is 2.00 e. The van der Waals surface area contributed by atoms with E-state index >= 15 is 0 Å². The minimum Gasteiger partial charge on any atom is -1.00 e. The van der Waals surface area contributed by atoms with E-state index in [-0.39, 0.29) is 148 Å². The maximum atomic E-state index is 3.72. The molecule has 68 heavy (non-hydrogen) atoms. The molecule has 0 fully saturated rings. The summed E-state index contributed by atoms with van der Waals surface area (Å²) in [7, 11) is 25.0. The van der Waals surface area contributed by atoms with Gasteiger partial charge >= 0.3 is 86.2 Å². The first-order valence-corrected chi connectivity index (χ1v) is 20.4. The van der Waals surface area contributed by atoms with Gasteiger partial charge in [0.2, 0.25) is 0 Å². The summed E-state index contributed by atoms with van der Waals surface area (Å²) in [6.07, 6.45) is 0. The first-order chi connectivity index (χ1) is 27.8. The summed E-state index contributed by atoms with van der Waals surface area (Å²) >= 11 is 0. The maximum absolute atomic E-state index is 3.72. The van der Waals surface area contributed by atoms with Crippen LogP contribution in [0.25, 0.3) is 0 Å². The van der Waals surface area contributed by atoms with Crippen molar-refractivity contribution in [1.29, 1.82) is 0 Å². The van der Waals surface area contributed by atoms with Gasteiger partial charge in [0, 0.05) is 39.3 Å². The second-order valence-corrected chi connectivity index (χ2v) is 15.6. The van der Waals surface area contributed by atoms with Crippen molar-refractivity contribution in [3.8, 4) is 0 Å². The Morgan fingerprint density at radius 2 is 0.382 bits per heavy atom. The molecule has 0 radical (unpaired) electrons. The molecule has 0 aliphatic rings. The Balaban J connectivity index is -0.0000000517. The van der Waals surface area contributed by atoms with Crippen molar-refractivity contribution in [2.45, 2.75) is 13.8 Å². The van der Waals surface area contributed by atoms with Gasteiger partial charge in [0.1, 0.15) is 0 Å². The van der Waals surface area contributed by atoms with Crippen LogP contribution in [-0.4, -0.2) is 222 Å². The summed E-state index contributed by atoms with van der Waals surface area (Å²) in [5, 5.41) is 0. The summed E-state index contributed by atoms with van der Waals surface area (Å²) in [6.45, 7) is 22.2. The molecule has 5 aromatic rings. The molecule has 0 heterocycles. The fourth-order valence-electron chi connectivity index (χ4n) is 3.70. The van der Waals surface area contributed by atoms with Crippen LogP contribution in [0.5, 0.6) is 0 Å². The fraction of sp³-hybridized carbons (Fsp3) is 0.377. The number of benzene rings is 5. The van der Waals surface area contributed by atoms with Gasteiger partial charge in [-0.15, -0.1) is 36.4 Å². The van der Waals surface area contributed by atoms with E-state index in [1.807, 2.05) is 127 Å².